The van der Waals surface area contributed by atoms with Gasteiger partial charge in [0, 0.05) is 20.1 Å². The van der Waals surface area contributed by atoms with E-state index in [4.69, 9.17) is 11.6 Å². The molecule has 0 fully saturated rings. The molecule has 0 aliphatic carbocycles. The number of benzene rings is 2. The Hall–Kier alpha value is -1.94. The Balaban J connectivity index is 1.58. The van der Waals surface area contributed by atoms with Gasteiger partial charge in [-0.2, -0.15) is 5.10 Å². The number of rotatable bonds is 5. The zero-order valence-electron chi connectivity index (χ0n) is 14.0. The van der Waals surface area contributed by atoms with Crippen molar-refractivity contribution in [1.29, 1.82) is 0 Å². The molecule has 0 saturated carbocycles. The molecule has 6 nitrogen and oxygen atoms in total. The number of phenolic OH excluding ortho intramolecular Hbond substituents is 1. The molecule has 10 heteroatoms. The van der Waals surface area contributed by atoms with Gasteiger partial charge in [0.1, 0.15) is 10.6 Å². The third-order valence-electron chi connectivity index (χ3n) is 3.60. The molecule has 144 valence electrons. The minimum Gasteiger partial charge on any atom is -0.506 e. The van der Waals surface area contributed by atoms with Gasteiger partial charge in [0.15, 0.2) is 0 Å². The highest BCUT2D eigenvalue weighted by atomic mass is 79.9. The van der Waals surface area contributed by atoms with Crippen LogP contribution in [0.25, 0.3) is 10.1 Å². The Morgan fingerprint density at radius 3 is 2.75 bits per heavy atom. The summed E-state index contributed by atoms with van der Waals surface area (Å²) in [7, 11) is 0. The number of nitrogens with zero attached hydrogens (tertiary/aromatic N) is 1. The van der Waals surface area contributed by atoms with Gasteiger partial charge in [-0.3, -0.25) is 9.59 Å². The molecular formula is C18H12Br2ClN3O3S. The summed E-state index contributed by atoms with van der Waals surface area (Å²) in [4.78, 5) is 24.6. The minimum atomic E-state index is -0.518. The predicted molar refractivity (Wildman–Crippen MR) is 118 cm³/mol. The number of carbonyl (C=O) groups excluding carboxylic acids is 2. The fourth-order valence-electron chi connectivity index (χ4n) is 2.30. The molecular weight excluding hydrogens is 534 g/mol. The molecule has 3 N–H and O–H groups in total. The van der Waals surface area contributed by atoms with E-state index in [1.165, 1.54) is 17.6 Å². The number of nitrogens with one attached hydrogen (secondary N) is 2. The average molecular weight is 546 g/mol. The van der Waals surface area contributed by atoms with Crippen LogP contribution >= 0.6 is 54.8 Å². The predicted octanol–water partition coefficient (Wildman–Crippen LogP) is 4.67. The monoisotopic (exact) mass is 543 g/mol. The Morgan fingerprint density at radius 2 is 2.00 bits per heavy atom. The number of carbonyl (C=O) groups is 2. The van der Waals surface area contributed by atoms with Crippen LogP contribution in [0.1, 0.15) is 15.2 Å². The van der Waals surface area contributed by atoms with Gasteiger partial charge >= 0.3 is 0 Å². The van der Waals surface area contributed by atoms with E-state index in [2.05, 4.69) is 47.7 Å². The second kappa shape index (κ2) is 9.04. The quantitative estimate of drug-likeness (QED) is 0.322. The van der Waals surface area contributed by atoms with Crippen LogP contribution in [-0.2, 0) is 4.79 Å². The van der Waals surface area contributed by atoms with E-state index >= 15 is 0 Å². The summed E-state index contributed by atoms with van der Waals surface area (Å²) in [5.74, 6) is -0.955. The summed E-state index contributed by atoms with van der Waals surface area (Å²) in [5, 5.41) is 17.4. The molecule has 2 aromatic carbocycles. The summed E-state index contributed by atoms with van der Waals surface area (Å²) in [6.07, 6.45) is 1.30. The van der Waals surface area contributed by atoms with E-state index in [0.717, 1.165) is 14.6 Å². The molecule has 0 aliphatic heterocycles. The standard InChI is InChI=1S/C18H12Br2ClN3O3S/c19-10-5-9(16(26)12(20)6-10)7-23-24-14(25)8-22-18(27)17-15(21)11-3-1-2-4-13(11)28-17/h1-7,26H,8H2,(H,22,27)(H,24,25). The maximum Gasteiger partial charge on any atom is 0.263 e. The maximum atomic E-state index is 12.3. The second-order valence-corrected chi connectivity index (χ2v) is 8.74. The van der Waals surface area contributed by atoms with Gasteiger partial charge in [0.2, 0.25) is 0 Å². The van der Waals surface area contributed by atoms with Gasteiger partial charge < -0.3 is 10.4 Å². The summed E-state index contributed by atoms with van der Waals surface area (Å²) < 4.78 is 2.12. The van der Waals surface area contributed by atoms with Crippen LogP contribution in [0.3, 0.4) is 0 Å². The number of hydrogen-bond acceptors (Lipinski definition) is 5. The molecule has 1 aromatic heterocycles. The molecule has 28 heavy (non-hydrogen) atoms. The van der Waals surface area contributed by atoms with Crippen molar-refractivity contribution in [3.8, 4) is 5.75 Å². The van der Waals surface area contributed by atoms with E-state index in [9.17, 15) is 14.7 Å². The first-order valence-electron chi connectivity index (χ1n) is 7.82. The first kappa shape index (κ1) is 20.8. The average Bonchev–Trinajstić information content (AvgIpc) is 3.00. The lowest BCUT2D eigenvalue weighted by molar-refractivity contribution is -0.120. The number of aromatic hydroxyl groups is 1. The van der Waals surface area contributed by atoms with Crippen molar-refractivity contribution in [2.75, 3.05) is 6.54 Å². The Kier molecular flexibility index (Phi) is 6.71. The molecule has 0 aliphatic rings. The van der Waals surface area contributed by atoms with Crippen LogP contribution in [0.4, 0.5) is 0 Å². The van der Waals surface area contributed by atoms with Crippen molar-refractivity contribution >= 4 is 82.9 Å². The molecule has 0 atom stereocenters. The smallest absolute Gasteiger partial charge is 0.263 e. The molecule has 3 rings (SSSR count). The minimum absolute atomic E-state index is 0.00564. The topological polar surface area (TPSA) is 90.8 Å². The highest BCUT2D eigenvalue weighted by Gasteiger charge is 2.17. The molecule has 2 amide bonds. The van der Waals surface area contributed by atoms with Gasteiger partial charge in [0.25, 0.3) is 11.8 Å². The van der Waals surface area contributed by atoms with E-state index < -0.39 is 11.8 Å². The molecule has 0 saturated heterocycles. The molecule has 3 aromatic rings. The van der Waals surface area contributed by atoms with Crippen LogP contribution in [0.15, 0.2) is 50.4 Å². The van der Waals surface area contributed by atoms with E-state index in [1.807, 2.05) is 24.3 Å². The zero-order chi connectivity index (χ0) is 20.3. The highest BCUT2D eigenvalue weighted by Crippen LogP contribution is 2.35. The number of halogens is 3. The Labute approximate surface area is 185 Å². The lowest BCUT2D eigenvalue weighted by atomic mass is 10.2. The zero-order valence-corrected chi connectivity index (χ0v) is 18.7. The molecule has 1 heterocycles. The first-order chi connectivity index (χ1) is 13.4. The van der Waals surface area contributed by atoms with Crippen LogP contribution in [-0.4, -0.2) is 29.7 Å². The summed E-state index contributed by atoms with van der Waals surface area (Å²) in [6.45, 7) is -0.269. The van der Waals surface area contributed by atoms with Crippen LogP contribution in [0, 0.1) is 0 Å². The van der Waals surface area contributed by atoms with E-state index in [1.54, 1.807) is 12.1 Å². The van der Waals surface area contributed by atoms with Crippen molar-refractivity contribution in [3.63, 3.8) is 0 Å². The molecule has 0 radical (unpaired) electrons. The summed E-state index contributed by atoms with van der Waals surface area (Å²) >= 11 is 14.0. The lowest BCUT2D eigenvalue weighted by Gasteiger charge is -2.04. The fraction of sp³-hybridized carbons (Fsp3) is 0.0556. The lowest BCUT2D eigenvalue weighted by Crippen LogP contribution is -2.34. The largest absolute Gasteiger partial charge is 0.506 e. The van der Waals surface area contributed by atoms with Crippen molar-refractivity contribution < 1.29 is 14.7 Å². The third kappa shape index (κ3) is 4.72. The SMILES string of the molecule is O=C(CNC(=O)c1sc2ccccc2c1Cl)NN=Cc1cc(Br)cc(Br)c1O. The third-order valence-corrected chi connectivity index (χ3v) is 6.34. The van der Waals surface area contributed by atoms with E-state index in [0.29, 0.717) is 19.9 Å². The van der Waals surface area contributed by atoms with Crippen molar-refractivity contribution in [2.45, 2.75) is 0 Å². The van der Waals surface area contributed by atoms with Crippen molar-refractivity contribution in [2.24, 2.45) is 5.10 Å². The molecule has 0 unspecified atom stereocenters. The van der Waals surface area contributed by atoms with Crippen LogP contribution < -0.4 is 10.7 Å². The number of fused-ring (bicyclic) bond motifs is 1. The number of phenols is 1. The number of hydrogen-bond donors (Lipinski definition) is 3. The summed E-state index contributed by atoms with van der Waals surface area (Å²) in [5.41, 5.74) is 2.70. The first-order valence-corrected chi connectivity index (χ1v) is 10.6. The molecule has 0 bridgehead atoms. The second-order valence-electron chi connectivity index (χ2n) is 5.54. The Morgan fingerprint density at radius 1 is 1.25 bits per heavy atom. The van der Waals surface area contributed by atoms with Crippen LogP contribution in [0.2, 0.25) is 5.02 Å². The Bertz CT molecular complexity index is 1100. The van der Waals surface area contributed by atoms with Gasteiger partial charge in [-0.05, 0) is 34.1 Å². The fourth-order valence-corrected chi connectivity index (χ4v) is 4.99. The maximum absolute atomic E-state index is 12.3. The number of amides is 2. The normalized spacial score (nSPS) is 11.1. The molecule has 0 spiro atoms. The number of thiophene rings is 1. The summed E-state index contributed by atoms with van der Waals surface area (Å²) in [6, 6.07) is 10.7. The van der Waals surface area contributed by atoms with Gasteiger partial charge in [-0.1, -0.05) is 45.7 Å². The van der Waals surface area contributed by atoms with Gasteiger partial charge in [-0.15, -0.1) is 11.3 Å². The van der Waals surface area contributed by atoms with E-state index in [-0.39, 0.29) is 12.3 Å². The van der Waals surface area contributed by atoms with Crippen molar-refractivity contribution in [3.05, 3.63) is 60.8 Å². The number of hydrazone groups is 1. The van der Waals surface area contributed by atoms with Gasteiger partial charge in [0.05, 0.1) is 22.3 Å². The van der Waals surface area contributed by atoms with Gasteiger partial charge in [-0.25, -0.2) is 5.43 Å². The van der Waals surface area contributed by atoms with Crippen LogP contribution in [0.5, 0.6) is 5.75 Å². The van der Waals surface area contributed by atoms with Crippen molar-refractivity contribution in [1.82, 2.24) is 10.7 Å². The highest BCUT2D eigenvalue weighted by molar-refractivity contribution is 9.11.